The van der Waals surface area contributed by atoms with Gasteiger partial charge in [0.1, 0.15) is 0 Å². The Hall–Kier alpha value is -2.26. The van der Waals surface area contributed by atoms with Gasteiger partial charge in [0, 0.05) is 22.6 Å². The molecule has 106 valence electrons. The predicted molar refractivity (Wildman–Crippen MR) is 82.1 cm³/mol. The van der Waals surface area contributed by atoms with Crippen molar-refractivity contribution in [3.05, 3.63) is 63.7 Å². The van der Waals surface area contributed by atoms with E-state index in [-0.39, 0.29) is 11.5 Å². The first-order valence-electron chi connectivity index (χ1n) is 6.50. The first-order chi connectivity index (χ1) is 10.1. The molecule has 0 heterocycles. The van der Waals surface area contributed by atoms with Crippen LogP contribution in [0.4, 0.5) is 0 Å². The summed E-state index contributed by atoms with van der Waals surface area (Å²) < 4.78 is 5.00. The zero-order valence-corrected chi connectivity index (χ0v) is 12.1. The van der Waals surface area contributed by atoms with Gasteiger partial charge in [-0.1, -0.05) is 29.8 Å². The summed E-state index contributed by atoms with van der Waals surface area (Å²) in [4.78, 5) is 12.3. The molecule has 1 aliphatic carbocycles. The number of carbonyl (C=O) groups excluding carboxylic acids is 1. The quantitative estimate of drug-likeness (QED) is 0.856. The first kappa shape index (κ1) is 13.7. The number of carbonyl (C=O) groups is 1. The summed E-state index contributed by atoms with van der Waals surface area (Å²) in [5, 5.41) is 10.4. The van der Waals surface area contributed by atoms with E-state index < -0.39 is 0 Å². The van der Waals surface area contributed by atoms with Gasteiger partial charge in [0.05, 0.1) is 7.11 Å². The van der Waals surface area contributed by atoms with Gasteiger partial charge in [-0.25, -0.2) is 0 Å². The Morgan fingerprint density at radius 2 is 2.10 bits per heavy atom. The van der Waals surface area contributed by atoms with Gasteiger partial charge in [-0.15, -0.1) is 0 Å². The zero-order valence-electron chi connectivity index (χ0n) is 11.4. The standard InChI is InChI=1S/C17H13ClO3/c1-21-16-6-5-10(8-15(16)19)7-11-9-13-12(17(11)20)3-2-4-14(13)18/h2-8,19H,9H2,1H3/b11-7-. The number of fused-ring (bicyclic) bond motifs is 1. The van der Waals surface area contributed by atoms with Crippen LogP contribution in [0.3, 0.4) is 0 Å². The van der Waals surface area contributed by atoms with Gasteiger partial charge < -0.3 is 9.84 Å². The van der Waals surface area contributed by atoms with Crippen molar-refractivity contribution in [3.63, 3.8) is 0 Å². The molecular formula is C17H13ClO3. The van der Waals surface area contributed by atoms with Crippen LogP contribution in [-0.4, -0.2) is 18.0 Å². The number of halogens is 1. The topological polar surface area (TPSA) is 46.5 Å². The molecule has 1 N–H and O–H groups in total. The molecule has 3 rings (SSSR count). The number of rotatable bonds is 2. The Morgan fingerprint density at radius 3 is 2.76 bits per heavy atom. The highest BCUT2D eigenvalue weighted by Gasteiger charge is 2.26. The SMILES string of the molecule is COc1ccc(/C=C2/Cc3c(Cl)cccc3C2=O)cc1O. The van der Waals surface area contributed by atoms with Crippen LogP contribution in [0, 0.1) is 0 Å². The third-order valence-corrected chi connectivity index (χ3v) is 3.92. The molecule has 2 aromatic carbocycles. The maximum Gasteiger partial charge on any atom is 0.189 e. The fourth-order valence-corrected chi connectivity index (χ4v) is 2.75. The van der Waals surface area contributed by atoms with Crippen LogP contribution in [0.1, 0.15) is 21.5 Å². The maximum absolute atomic E-state index is 12.3. The molecule has 2 aromatic rings. The molecule has 0 aliphatic heterocycles. The van der Waals surface area contributed by atoms with Crippen LogP contribution in [0.5, 0.6) is 11.5 Å². The van der Waals surface area contributed by atoms with Crippen LogP contribution in [-0.2, 0) is 6.42 Å². The van der Waals surface area contributed by atoms with E-state index in [9.17, 15) is 9.90 Å². The number of ether oxygens (including phenoxy) is 1. The minimum atomic E-state index is -0.0113. The number of phenolic OH excluding ortho intramolecular Hbond substituents is 1. The highest BCUT2D eigenvalue weighted by atomic mass is 35.5. The third-order valence-electron chi connectivity index (χ3n) is 3.57. The van der Waals surface area contributed by atoms with Crippen molar-refractivity contribution in [1.29, 1.82) is 0 Å². The van der Waals surface area contributed by atoms with E-state index >= 15 is 0 Å². The lowest BCUT2D eigenvalue weighted by Gasteiger charge is -2.04. The Balaban J connectivity index is 1.98. The third kappa shape index (κ3) is 2.41. The molecule has 0 saturated carbocycles. The van der Waals surface area contributed by atoms with Gasteiger partial charge in [0.25, 0.3) is 0 Å². The molecule has 0 radical (unpaired) electrons. The van der Waals surface area contributed by atoms with Crippen molar-refractivity contribution in [1.82, 2.24) is 0 Å². The van der Waals surface area contributed by atoms with Crippen LogP contribution in [0.25, 0.3) is 6.08 Å². The molecule has 0 spiro atoms. The number of aromatic hydroxyl groups is 1. The van der Waals surface area contributed by atoms with Gasteiger partial charge in [-0.2, -0.15) is 0 Å². The van der Waals surface area contributed by atoms with Gasteiger partial charge in [0.15, 0.2) is 17.3 Å². The van der Waals surface area contributed by atoms with Crippen molar-refractivity contribution < 1.29 is 14.6 Å². The fraction of sp³-hybridized carbons (Fsp3) is 0.118. The molecule has 0 aromatic heterocycles. The molecule has 0 saturated heterocycles. The Morgan fingerprint density at radius 1 is 1.29 bits per heavy atom. The van der Waals surface area contributed by atoms with Gasteiger partial charge >= 0.3 is 0 Å². The zero-order chi connectivity index (χ0) is 15.0. The molecule has 0 unspecified atom stereocenters. The van der Waals surface area contributed by atoms with E-state index in [1.54, 1.807) is 42.5 Å². The van der Waals surface area contributed by atoms with Gasteiger partial charge in [-0.3, -0.25) is 4.79 Å². The summed E-state index contributed by atoms with van der Waals surface area (Å²) in [7, 11) is 1.49. The van der Waals surface area contributed by atoms with Crippen molar-refractivity contribution in [2.45, 2.75) is 6.42 Å². The lowest BCUT2D eigenvalue weighted by atomic mass is 10.1. The molecule has 3 nitrogen and oxygen atoms in total. The second kappa shape index (κ2) is 5.26. The average Bonchev–Trinajstić information content (AvgIpc) is 2.78. The predicted octanol–water partition coefficient (Wildman–Crippen LogP) is 3.88. The maximum atomic E-state index is 12.3. The van der Waals surface area contributed by atoms with Crippen LogP contribution < -0.4 is 4.74 Å². The Bertz CT molecular complexity index is 763. The van der Waals surface area contributed by atoms with Gasteiger partial charge in [-0.05, 0) is 35.4 Å². The number of Topliss-reactive ketones (excluding diaryl/α,β-unsaturated/α-hetero) is 1. The molecule has 0 atom stereocenters. The normalized spacial score (nSPS) is 15.3. The molecule has 21 heavy (non-hydrogen) atoms. The average molecular weight is 301 g/mol. The minimum Gasteiger partial charge on any atom is -0.504 e. The number of methoxy groups -OCH3 is 1. The summed E-state index contributed by atoms with van der Waals surface area (Å²) in [6.07, 6.45) is 2.29. The van der Waals surface area contributed by atoms with Crippen molar-refractivity contribution >= 4 is 23.5 Å². The second-order valence-corrected chi connectivity index (χ2v) is 5.28. The summed E-state index contributed by atoms with van der Waals surface area (Å²) in [5.74, 6) is 0.442. The second-order valence-electron chi connectivity index (χ2n) is 4.87. The Kier molecular flexibility index (Phi) is 3.43. The van der Waals surface area contributed by atoms with Crippen molar-refractivity contribution in [3.8, 4) is 11.5 Å². The molecule has 0 fully saturated rings. The lowest BCUT2D eigenvalue weighted by molar-refractivity contribution is 0.104. The number of benzene rings is 2. The summed E-state index contributed by atoms with van der Waals surface area (Å²) in [5.41, 5.74) is 2.95. The fourth-order valence-electron chi connectivity index (χ4n) is 2.51. The molecular weight excluding hydrogens is 288 g/mol. The monoisotopic (exact) mass is 300 g/mol. The van der Waals surface area contributed by atoms with E-state index in [4.69, 9.17) is 16.3 Å². The van der Waals surface area contributed by atoms with Gasteiger partial charge in [0.2, 0.25) is 0 Å². The Labute approximate surface area is 127 Å². The van der Waals surface area contributed by atoms with Crippen LogP contribution >= 0.6 is 11.6 Å². The van der Waals surface area contributed by atoms with E-state index in [1.165, 1.54) is 7.11 Å². The molecule has 1 aliphatic rings. The summed E-state index contributed by atoms with van der Waals surface area (Å²) >= 11 is 6.13. The number of phenols is 1. The number of ketones is 1. The highest BCUT2D eigenvalue weighted by molar-refractivity contribution is 6.33. The lowest BCUT2D eigenvalue weighted by Crippen LogP contribution is -1.95. The van der Waals surface area contributed by atoms with Crippen molar-refractivity contribution in [2.75, 3.05) is 7.11 Å². The first-order valence-corrected chi connectivity index (χ1v) is 6.87. The van der Waals surface area contributed by atoms with Crippen molar-refractivity contribution in [2.24, 2.45) is 0 Å². The van der Waals surface area contributed by atoms with Crippen LogP contribution in [0.2, 0.25) is 5.02 Å². The largest absolute Gasteiger partial charge is 0.504 e. The smallest absolute Gasteiger partial charge is 0.189 e. The van der Waals surface area contributed by atoms with Crippen LogP contribution in [0.15, 0.2) is 42.0 Å². The van der Waals surface area contributed by atoms with E-state index in [0.29, 0.717) is 28.3 Å². The van der Waals surface area contributed by atoms with E-state index in [0.717, 1.165) is 11.1 Å². The van der Waals surface area contributed by atoms with E-state index in [2.05, 4.69) is 0 Å². The molecule has 0 amide bonds. The molecule has 4 heteroatoms. The minimum absolute atomic E-state index is 0.0113. The summed E-state index contributed by atoms with van der Waals surface area (Å²) in [6.45, 7) is 0. The summed E-state index contributed by atoms with van der Waals surface area (Å²) in [6, 6.07) is 10.4. The number of hydrogen-bond acceptors (Lipinski definition) is 3. The number of hydrogen-bond donors (Lipinski definition) is 1. The van der Waals surface area contributed by atoms with E-state index in [1.807, 2.05) is 0 Å². The highest BCUT2D eigenvalue weighted by Crippen LogP contribution is 2.34. The molecule has 0 bridgehead atoms. The number of allylic oxidation sites excluding steroid dienone is 1.